The zero-order valence-electron chi connectivity index (χ0n) is 10.0. The highest BCUT2D eigenvalue weighted by Crippen LogP contribution is 2.08. The number of hydrogen-bond acceptors (Lipinski definition) is 4. The van der Waals surface area contributed by atoms with Gasteiger partial charge in [-0.3, -0.25) is 10.0 Å². The summed E-state index contributed by atoms with van der Waals surface area (Å²) in [7, 11) is 0. The second-order valence-electron chi connectivity index (χ2n) is 4.56. The molecule has 0 aliphatic carbocycles. The molecule has 0 radical (unpaired) electrons. The molecule has 0 aromatic carbocycles. The molecule has 0 unspecified atom stereocenters. The largest absolute Gasteiger partial charge is 0.297 e. The van der Waals surface area contributed by atoms with Gasteiger partial charge in [0.25, 0.3) is 0 Å². The second-order valence-corrected chi connectivity index (χ2v) is 4.56. The van der Waals surface area contributed by atoms with Crippen LogP contribution in [0.2, 0.25) is 0 Å². The van der Waals surface area contributed by atoms with Gasteiger partial charge in [0.15, 0.2) is 0 Å². The molecule has 0 aromatic heterocycles. The number of hydrogen-bond donors (Lipinski definition) is 0. The third-order valence-corrected chi connectivity index (χ3v) is 3.19. The number of nitrogens with zero attached hydrogens (tertiary/aromatic N) is 4. The molecule has 0 N–H and O–H groups in total. The first kappa shape index (κ1) is 11.4. The van der Waals surface area contributed by atoms with Crippen molar-refractivity contribution in [1.82, 2.24) is 10.0 Å². The summed E-state index contributed by atoms with van der Waals surface area (Å²) in [6.45, 7) is 4.42. The van der Waals surface area contributed by atoms with E-state index in [2.05, 4.69) is 20.2 Å². The Morgan fingerprint density at radius 3 is 1.31 bits per heavy atom. The van der Waals surface area contributed by atoms with Crippen molar-refractivity contribution in [2.75, 3.05) is 26.2 Å². The number of rotatable bonds is 3. The van der Waals surface area contributed by atoms with Crippen molar-refractivity contribution >= 4 is 12.4 Å². The van der Waals surface area contributed by atoms with Gasteiger partial charge < -0.3 is 0 Å². The summed E-state index contributed by atoms with van der Waals surface area (Å²) in [5.74, 6) is 0. The van der Waals surface area contributed by atoms with Crippen LogP contribution in [0.5, 0.6) is 0 Å². The van der Waals surface area contributed by atoms with E-state index < -0.39 is 0 Å². The van der Waals surface area contributed by atoms with E-state index in [-0.39, 0.29) is 0 Å². The van der Waals surface area contributed by atoms with E-state index in [1.54, 1.807) is 0 Å². The fourth-order valence-corrected chi connectivity index (χ4v) is 2.23. The monoisotopic (exact) mass is 222 g/mol. The molecule has 0 saturated carbocycles. The normalized spacial score (nSPS) is 23.5. The fourth-order valence-electron chi connectivity index (χ4n) is 2.23. The molecule has 2 saturated heterocycles. The van der Waals surface area contributed by atoms with Crippen LogP contribution < -0.4 is 0 Å². The zero-order valence-corrected chi connectivity index (χ0v) is 10.0. The van der Waals surface area contributed by atoms with E-state index in [0.29, 0.717) is 0 Å². The van der Waals surface area contributed by atoms with Crippen molar-refractivity contribution in [1.29, 1.82) is 0 Å². The van der Waals surface area contributed by atoms with Gasteiger partial charge in [-0.2, -0.15) is 10.2 Å². The molecule has 2 fully saturated rings. The highest BCUT2D eigenvalue weighted by Gasteiger charge is 2.06. The summed E-state index contributed by atoms with van der Waals surface area (Å²) >= 11 is 0. The van der Waals surface area contributed by atoms with Gasteiger partial charge in [-0.15, -0.1) is 0 Å². The van der Waals surface area contributed by atoms with Crippen LogP contribution >= 0.6 is 0 Å². The molecule has 0 atom stereocenters. The molecule has 2 rings (SSSR count). The maximum atomic E-state index is 4.40. The lowest BCUT2D eigenvalue weighted by Gasteiger charge is -2.23. The summed E-state index contributed by atoms with van der Waals surface area (Å²) in [5, 5.41) is 13.1. The minimum atomic E-state index is 1.11. The maximum Gasteiger partial charge on any atom is 0.0671 e. The Bertz CT molecular complexity index is 211. The van der Waals surface area contributed by atoms with Crippen LogP contribution in [0.25, 0.3) is 0 Å². The van der Waals surface area contributed by atoms with Crippen LogP contribution in [-0.4, -0.2) is 48.6 Å². The average molecular weight is 222 g/mol. The predicted molar refractivity (Wildman–Crippen MR) is 67.8 cm³/mol. The van der Waals surface area contributed by atoms with Gasteiger partial charge in [-0.25, -0.2) is 0 Å². The highest BCUT2D eigenvalue weighted by atomic mass is 15.5. The van der Waals surface area contributed by atoms with E-state index in [4.69, 9.17) is 0 Å². The van der Waals surface area contributed by atoms with Gasteiger partial charge >= 0.3 is 0 Å². The van der Waals surface area contributed by atoms with Gasteiger partial charge in [0.05, 0.1) is 12.4 Å². The summed E-state index contributed by atoms with van der Waals surface area (Å²) in [6.07, 6.45) is 11.5. The minimum absolute atomic E-state index is 1.11. The Balaban J connectivity index is 1.68. The number of hydrazone groups is 2. The van der Waals surface area contributed by atoms with Gasteiger partial charge in [0, 0.05) is 26.2 Å². The Hall–Kier alpha value is -1.06. The maximum absolute atomic E-state index is 4.40. The Labute approximate surface area is 98.0 Å². The van der Waals surface area contributed by atoms with Crippen LogP contribution in [0.15, 0.2) is 10.2 Å². The van der Waals surface area contributed by atoms with Gasteiger partial charge in [0.2, 0.25) is 0 Å². The van der Waals surface area contributed by atoms with Crippen molar-refractivity contribution in [3.05, 3.63) is 0 Å². The lowest BCUT2D eigenvalue weighted by atomic mass is 10.2. The first-order valence-corrected chi connectivity index (χ1v) is 6.51. The summed E-state index contributed by atoms with van der Waals surface area (Å²) in [4.78, 5) is 0. The van der Waals surface area contributed by atoms with Crippen molar-refractivity contribution in [2.45, 2.75) is 38.5 Å². The molecule has 4 nitrogen and oxygen atoms in total. The van der Waals surface area contributed by atoms with E-state index in [1.807, 2.05) is 12.4 Å². The lowest BCUT2D eigenvalue weighted by Crippen LogP contribution is -2.25. The minimum Gasteiger partial charge on any atom is -0.297 e. The summed E-state index contributed by atoms with van der Waals surface area (Å²) in [6, 6.07) is 0. The molecule has 0 bridgehead atoms. The van der Waals surface area contributed by atoms with Gasteiger partial charge in [-0.1, -0.05) is 0 Å². The molecular formula is C12H22N4. The first-order chi connectivity index (χ1) is 7.95. The van der Waals surface area contributed by atoms with Crippen LogP contribution in [0, 0.1) is 0 Å². The molecule has 2 aliphatic rings. The average Bonchev–Trinajstić information content (AvgIpc) is 2.37. The molecule has 4 heteroatoms. The van der Waals surface area contributed by atoms with Crippen LogP contribution in [-0.2, 0) is 0 Å². The Morgan fingerprint density at radius 1 is 0.562 bits per heavy atom. The van der Waals surface area contributed by atoms with Crippen LogP contribution in [0.3, 0.4) is 0 Å². The standard InChI is InChI=1S/C12H22N4/c1-3-9-15(10-4-1)13-7-8-14-16-11-5-2-6-12-16/h7-8H,1-6,9-12H2. The first-order valence-electron chi connectivity index (χ1n) is 6.51. The van der Waals surface area contributed by atoms with E-state index in [9.17, 15) is 0 Å². The summed E-state index contributed by atoms with van der Waals surface area (Å²) < 4.78 is 0. The summed E-state index contributed by atoms with van der Waals surface area (Å²) in [5.41, 5.74) is 0. The second kappa shape index (κ2) is 6.51. The van der Waals surface area contributed by atoms with E-state index in [0.717, 1.165) is 26.2 Å². The Morgan fingerprint density at radius 2 is 0.938 bits per heavy atom. The molecule has 90 valence electrons. The van der Waals surface area contributed by atoms with Gasteiger partial charge in [0.1, 0.15) is 0 Å². The predicted octanol–water partition coefficient (Wildman–Crippen LogP) is 1.93. The van der Waals surface area contributed by atoms with Crippen molar-refractivity contribution < 1.29 is 0 Å². The zero-order chi connectivity index (χ0) is 11.1. The molecule has 2 heterocycles. The molecular weight excluding hydrogens is 200 g/mol. The molecule has 2 aliphatic heterocycles. The van der Waals surface area contributed by atoms with Crippen LogP contribution in [0.1, 0.15) is 38.5 Å². The lowest BCUT2D eigenvalue weighted by molar-refractivity contribution is 0.238. The third kappa shape index (κ3) is 3.83. The van der Waals surface area contributed by atoms with E-state index >= 15 is 0 Å². The molecule has 0 aromatic rings. The molecule has 0 amide bonds. The van der Waals surface area contributed by atoms with E-state index in [1.165, 1.54) is 38.5 Å². The van der Waals surface area contributed by atoms with Crippen LogP contribution in [0.4, 0.5) is 0 Å². The number of piperidine rings is 2. The smallest absolute Gasteiger partial charge is 0.0671 e. The highest BCUT2D eigenvalue weighted by molar-refractivity contribution is 6.15. The van der Waals surface area contributed by atoms with Gasteiger partial charge in [-0.05, 0) is 38.5 Å². The van der Waals surface area contributed by atoms with Crippen molar-refractivity contribution in [3.8, 4) is 0 Å². The molecule has 0 spiro atoms. The topological polar surface area (TPSA) is 31.2 Å². The molecule has 16 heavy (non-hydrogen) atoms. The SMILES string of the molecule is C(C=NN1CCCCC1)=NN1CCCCC1. The fraction of sp³-hybridized carbons (Fsp3) is 0.833. The Kier molecular flexibility index (Phi) is 4.65. The third-order valence-electron chi connectivity index (χ3n) is 3.19. The van der Waals surface area contributed by atoms with Crippen molar-refractivity contribution in [2.24, 2.45) is 10.2 Å². The quantitative estimate of drug-likeness (QED) is 0.683. The van der Waals surface area contributed by atoms with Crippen molar-refractivity contribution in [3.63, 3.8) is 0 Å².